The predicted octanol–water partition coefficient (Wildman–Crippen LogP) is 1.74. The van der Waals surface area contributed by atoms with Gasteiger partial charge in [-0.05, 0) is 42.3 Å². The van der Waals surface area contributed by atoms with E-state index in [0.29, 0.717) is 25.2 Å². The topological polar surface area (TPSA) is 106 Å². The second kappa shape index (κ2) is 10.5. The lowest BCUT2D eigenvalue weighted by Gasteiger charge is -2.35. The van der Waals surface area contributed by atoms with Gasteiger partial charge in [0.25, 0.3) is 0 Å². The molecule has 1 amide bonds. The minimum atomic E-state index is -4.57. The van der Waals surface area contributed by atoms with E-state index in [1.165, 1.54) is 10.4 Å². The fourth-order valence-corrected chi connectivity index (χ4v) is 5.96. The Labute approximate surface area is 211 Å². The molecule has 3 heterocycles. The molecule has 36 heavy (non-hydrogen) atoms. The molecule has 9 nitrogen and oxygen atoms in total. The molecule has 0 atom stereocenters. The number of carbonyl (C=O) groups excluding carboxylic acids is 1. The summed E-state index contributed by atoms with van der Waals surface area (Å²) >= 11 is 5.78. The standard InChI is InChI=1S/C22H25ClF3N5O4S/c23-19-12-16(22(24,25)26)13-20(28-19)29-6-8-30(9-7-29)36(34,35)17-1-2-18-15(11-17)3-5-31(18)21(33)14-27-4-10-32/h1-2,11-13,27,32H,3-10,14H2. The van der Waals surface area contributed by atoms with Gasteiger partial charge in [0.05, 0.1) is 23.6 Å². The van der Waals surface area contributed by atoms with E-state index in [2.05, 4.69) is 10.3 Å². The molecule has 2 aliphatic rings. The van der Waals surface area contributed by atoms with E-state index in [0.717, 1.165) is 17.7 Å². The Morgan fingerprint density at radius 1 is 1.11 bits per heavy atom. The largest absolute Gasteiger partial charge is 0.416 e. The molecule has 1 saturated heterocycles. The Bertz CT molecular complexity index is 1240. The molecular weight excluding hydrogens is 523 g/mol. The number of fused-ring (bicyclic) bond motifs is 1. The van der Waals surface area contributed by atoms with Crippen LogP contribution in [-0.4, -0.2) is 81.1 Å². The van der Waals surface area contributed by atoms with Crippen molar-refractivity contribution in [3.8, 4) is 0 Å². The highest BCUT2D eigenvalue weighted by molar-refractivity contribution is 7.89. The number of aliphatic hydroxyl groups is 1. The summed E-state index contributed by atoms with van der Waals surface area (Å²) in [6.45, 7) is 1.15. The maximum atomic E-state index is 13.3. The number of benzene rings is 1. The van der Waals surface area contributed by atoms with E-state index >= 15 is 0 Å². The van der Waals surface area contributed by atoms with E-state index in [1.807, 2.05) is 0 Å². The molecule has 2 aliphatic heterocycles. The Balaban J connectivity index is 1.44. The zero-order chi connectivity index (χ0) is 26.1. The first-order valence-corrected chi connectivity index (χ1v) is 13.1. The summed E-state index contributed by atoms with van der Waals surface area (Å²) in [5.74, 6) is -0.125. The Morgan fingerprint density at radius 2 is 1.83 bits per heavy atom. The van der Waals surface area contributed by atoms with Crippen molar-refractivity contribution in [3.63, 3.8) is 0 Å². The molecule has 1 aromatic carbocycles. The van der Waals surface area contributed by atoms with Gasteiger partial charge >= 0.3 is 6.18 Å². The SMILES string of the molecule is O=C(CNCCO)N1CCc2cc(S(=O)(=O)N3CCN(c4cc(C(F)(F)F)cc(Cl)n4)CC3)ccc21. The summed E-state index contributed by atoms with van der Waals surface area (Å²) < 4.78 is 67.2. The van der Waals surface area contributed by atoms with Crippen LogP contribution in [0, 0.1) is 0 Å². The number of nitrogens with zero attached hydrogens (tertiary/aromatic N) is 4. The van der Waals surface area contributed by atoms with Crippen molar-refractivity contribution >= 4 is 39.0 Å². The molecule has 0 spiro atoms. The molecule has 196 valence electrons. The lowest BCUT2D eigenvalue weighted by atomic mass is 10.2. The summed E-state index contributed by atoms with van der Waals surface area (Å²) in [6, 6.07) is 6.30. The number of hydrogen-bond donors (Lipinski definition) is 2. The average molecular weight is 548 g/mol. The Hall–Kier alpha value is -2.45. The van der Waals surface area contributed by atoms with Crippen LogP contribution in [0.3, 0.4) is 0 Å². The quantitative estimate of drug-likeness (QED) is 0.402. The summed E-state index contributed by atoms with van der Waals surface area (Å²) in [5, 5.41) is 11.4. The number of anilines is 2. The van der Waals surface area contributed by atoms with Gasteiger partial charge in [-0.2, -0.15) is 17.5 Å². The monoisotopic (exact) mass is 547 g/mol. The average Bonchev–Trinajstić information content (AvgIpc) is 3.27. The van der Waals surface area contributed by atoms with Crippen LogP contribution >= 0.6 is 11.6 Å². The van der Waals surface area contributed by atoms with Crippen molar-refractivity contribution in [2.24, 2.45) is 0 Å². The normalized spacial score (nSPS) is 16.9. The number of rotatable bonds is 7. The molecule has 2 aromatic rings. The second-order valence-corrected chi connectivity index (χ2v) is 10.7. The van der Waals surface area contributed by atoms with Crippen molar-refractivity contribution in [1.29, 1.82) is 0 Å². The maximum absolute atomic E-state index is 13.3. The summed E-state index contributed by atoms with van der Waals surface area (Å²) in [7, 11) is -3.85. The van der Waals surface area contributed by atoms with Crippen molar-refractivity contribution in [3.05, 3.63) is 46.6 Å². The highest BCUT2D eigenvalue weighted by Gasteiger charge is 2.34. The van der Waals surface area contributed by atoms with Crippen LogP contribution in [0.5, 0.6) is 0 Å². The van der Waals surface area contributed by atoms with Crippen molar-refractivity contribution < 1.29 is 31.5 Å². The smallest absolute Gasteiger partial charge is 0.395 e. The highest BCUT2D eigenvalue weighted by atomic mass is 35.5. The zero-order valence-electron chi connectivity index (χ0n) is 19.1. The van der Waals surface area contributed by atoms with E-state index in [4.69, 9.17) is 16.7 Å². The van der Waals surface area contributed by atoms with Crippen LogP contribution in [0.25, 0.3) is 0 Å². The molecular formula is C22H25ClF3N5O4S. The van der Waals surface area contributed by atoms with Gasteiger partial charge in [0.15, 0.2) is 0 Å². The van der Waals surface area contributed by atoms with Crippen molar-refractivity contribution in [1.82, 2.24) is 14.6 Å². The molecule has 0 radical (unpaired) electrons. The molecule has 0 unspecified atom stereocenters. The van der Waals surface area contributed by atoms with Crippen molar-refractivity contribution in [2.75, 3.05) is 62.2 Å². The number of alkyl halides is 3. The van der Waals surface area contributed by atoms with Crippen LogP contribution in [-0.2, 0) is 27.4 Å². The lowest BCUT2D eigenvalue weighted by molar-refractivity contribution is -0.137. The van der Waals surface area contributed by atoms with Gasteiger partial charge in [0.1, 0.15) is 11.0 Å². The molecule has 0 saturated carbocycles. The van der Waals surface area contributed by atoms with Gasteiger partial charge in [-0.15, -0.1) is 0 Å². The molecule has 2 N–H and O–H groups in total. The van der Waals surface area contributed by atoms with E-state index in [-0.39, 0.29) is 61.1 Å². The third kappa shape index (κ3) is 5.59. The number of amides is 1. The molecule has 1 fully saturated rings. The van der Waals surface area contributed by atoms with Gasteiger partial charge in [-0.3, -0.25) is 4.79 Å². The highest BCUT2D eigenvalue weighted by Crippen LogP contribution is 2.34. The third-order valence-electron chi connectivity index (χ3n) is 6.12. The fraction of sp³-hybridized carbons (Fsp3) is 0.455. The molecule has 14 heteroatoms. The number of nitrogens with one attached hydrogen (secondary N) is 1. The zero-order valence-corrected chi connectivity index (χ0v) is 20.7. The van der Waals surface area contributed by atoms with Crippen LogP contribution in [0.1, 0.15) is 11.1 Å². The Kier molecular flexibility index (Phi) is 7.76. The van der Waals surface area contributed by atoms with Crippen LogP contribution in [0.4, 0.5) is 24.7 Å². The number of aromatic nitrogens is 1. The minimum Gasteiger partial charge on any atom is -0.395 e. The number of carbonyl (C=O) groups is 1. The summed E-state index contributed by atoms with van der Waals surface area (Å²) in [4.78, 5) is 19.7. The number of halogens is 4. The number of hydrogen-bond acceptors (Lipinski definition) is 7. The third-order valence-corrected chi connectivity index (χ3v) is 8.21. The molecule has 1 aromatic heterocycles. The van der Waals surface area contributed by atoms with Crippen LogP contribution < -0.4 is 15.1 Å². The summed E-state index contributed by atoms with van der Waals surface area (Å²) in [5.41, 5.74) is 0.484. The van der Waals surface area contributed by atoms with Crippen molar-refractivity contribution in [2.45, 2.75) is 17.5 Å². The second-order valence-electron chi connectivity index (χ2n) is 8.41. The number of sulfonamides is 1. The van der Waals surface area contributed by atoms with Gasteiger partial charge in [0.2, 0.25) is 15.9 Å². The Morgan fingerprint density at radius 3 is 2.50 bits per heavy atom. The molecule has 0 bridgehead atoms. The van der Waals surface area contributed by atoms with Gasteiger partial charge in [0, 0.05) is 45.0 Å². The minimum absolute atomic E-state index is 0.0441. The lowest BCUT2D eigenvalue weighted by Crippen LogP contribution is -2.49. The van der Waals surface area contributed by atoms with Gasteiger partial charge in [-0.25, -0.2) is 13.4 Å². The van der Waals surface area contributed by atoms with Gasteiger partial charge < -0.3 is 20.2 Å². The molecule has 0 aliphatic carbocycles. The summed E-state index contributed by atoms with van der Waals surface area (Å²) in [6.07, 6.45) is -4.06. The number of pyridine rings is 1. The predicted molar refractivity (Wildman–Crippen MR) is 128 cm³/mol. The van der Waals surface area contributed by atoms with E-state index < -0.39 is 21.8 Å². The van der Waals surface area contributed by atoms with Crippen LogP contribution in [0.2, 0.25) is 5.15 Å². The number of aliphatic hydroxyl groups excluding tert-OH is 1. The fourth-order valence-electron chi connectivity index (χ4n) is 4.28. The number of piperazine rings is 1. The van der Waals surface area contributed by atoms with Crippen LogP contribution in [0.15, 0.2) is 35.2 Å². The first-order chi connectivity index (χ1) is 17.0. The van der Waals surface area contributed by atoms with E-state index in [1.54, 1.807) is 21.9 Å². The first kappa shape index (κ1) is 26.6. The van der Waals surface area contributed by atoms with E-state index in [9.17, 15) is 26.4 Å². The van der Waals surface area contributed by atoms with Gasteiger partial charge in [-0.1, -0.05) is 11.6 Å². The molecule has 4 rings (SSSR count). The maximum Gasteiger partial charge on any atom is 0.416 e. The first-order valence-electron chi connectivity index (χ1n) is 11.3.